The van der Waals surface area contributed by atoms with Crippen LogP contribution in [0, 0.1) is 5.92 Å². The molecule has 0 aromatic heterocycles. The van der Waals surface area contributed by atoms with Gasteiger partial charge in [-0.05, 0) is 85.3 Å². The van der Waals surface area contributed by atoms with Crippen molar-refractivity contribution in [3.63, 3.8) is 0 Å². The van der Waals surface area contributed by atoms with Gasteiger partial charge in [-0.15, -0.1) is 0 Å². The van der Waals surface area contributed by atoms with Crippen molar-refractivity contribution in [3.05, 3.63) is 120 Å². The van der Waals surface area contributed by atoms with Gasteiger partial charge in [0.15, 0.2) is 0 Å². The van der Waals surface area contributed by atoms with Crippen LogP contribution in [0.15, 0.2) is 108 Å². The molecule has 1 aliphatic carbocycles. The summed E-state index contributed by atoms with van der Waals surface area (Å²) in [6.45, 7) is 5.42. The lowest BCUT2D eigenvalue weighted by atomic mass is 9.83. The average molecular weight is 628 g/mol. The molecule has 0 heterocycles. The molecule has 0 amide bonds. The summed E-state index contributed by atoms with van der Waals surface area (Å²) in [7, 11) is -4.06. The third-order valence-corrected chi connectivity index (χ3v) is 8.97. The molecule has 2 unspecified atom stereocenters. The summed E-state index contributed by atoms with van der Waals surface area (Å²) < 4.78 is 42.4. The van der Waals surface area contributed by atoms with Crippen molar-refractivity contribution in [2.24, 2.45) is 11.7 Å². The van der Waals surface area contributed by atoms with Crippen LogP contribution in [-0.2, 0) is 29.2 Å². The largest absolute Gasteiger partial charge is 0.464 e. The van der Waals surface area contributed by atoms with Gasteiger partial charge in [-0.3, -0.25) is 9.59 Å². The van der Waals surface area contributed by atoms with Crippen molar-refractivity contribution < 1.29 is 31.7 Å². The van der Waals surface area contributed by atoms with E-state index in [9.17, 15) is 18.0 Å². The fourth-order valence-electron chi connectivity index (χ4n) is 5.72. The summed E-state index contributed by atoms with van der Waals surface area (Å²) in [4.78, 5) is 26.8. The summed E-state index contributed by atoms with van der Waals surface area (Å²) in [6, 6.07) is 30.1. The fraction of sp³-hybridized carbons (Fsp3) is 0.278. The van der Waals surface area contributed by atoms with Crippen LogP contribution in [0.4, 0.5) is 0 Å². The van der Waals surface area contributed by atoms with E-state index in [1.165, 1.54) is 24.3 Å². The lowest BCUT2D eigenvalue weighted by molar-refractivity contribution is -0.157. The summed E-state index contributed by atoms with van der Waals surface area (Å²) in [5.41, 5.74) is 10.3. The molecular weight excluding hydrogens is 590 g/mol. The highest BCUT2D eigenvalue weighted by atomic mass is 32.2. The van der Waals surface area contributed by atoms with Gasteiger partial charge in [0.1, 0.15) is 22.9 Å². The lowest BCUT2D eigenvalue weighted by Crippen LogP contribution is -2.34. The molecule has 0 spiro atoms. The molecule has 5 rings (SSSR count). The summed E-state index contributed by atoms with van der Waals surface area (Å²) >= 11 is 0. The van der Waals surface area contributed by atoms with Crippen LogP contribution in [0.2, 0.25) is 0 Å². The molecule has 4 aromatic carbocycles. The summed E-state index contributed by atoms with van der Waals surface area (Å²) in [6.07, 6.45) is -0.108. The maximum Gasteiger partial charge on any atom is 0.339 e. The second kappa shape index (κ2) is 13.3. The molecule has 1 aliphatic rings. The van der Waals surface area contributed by atoms with Crippen molar-refractivity contribution in [1.82, 2.24) is 0 Å². The molecule has 2 atom stereocenters. The monoisotopic (exact) mass is 627 g/mol. The van der Waals surface area contributed by atoms with Crippen molar-refractivity contribution in [2.45, 2.75) is 49.5 Å². The van der Waals surface area contributed by atoms with Crippen LogP contribution in [0.1, 0.15) is 55.7 Å². The molecular formula is C36H37NO7S. The van der Waals surface area contributed by atoms with E-state index in [-0.39, 0.29) is 36.1 Å². The van der Waals surface area contributed by atoms with Gasteiger partial charge in [0.05, 0.1) is 12.3 Å². The third kappa shape index (κ3) is 7.44. The quantitative estimate of drug-likeness (QED) is 0.154. The van der Waals surface area contributed by atoms with Gasteiger partial charge in [-0.2, -0.15) is 8.42 Å². The number of esters is 2. The fourth-order valence-corrected chi connectivity index (χ4v) is 6.67. The predicted octanol–water partition coefficient (Wildman–Crippen LogP) is 6.20. The van der Waals surface area contributed by atoms with E-state index in [0.717, 1.165) is 22.3 Å². The van der Waals surface area contributed by atoms with Crippen molar-refractivity contribution >= 4 is 22.1 Å². The summed E-state index contributed by atoms with van der Waals surface area (Å²) in [5.74, 6) is -2.66. The molecule has 8 nitrogen and oxygen atoms in total. The maximum absolute atomic E-state index is 13.9. The number of hydrogen-bond donors (Lipinski definition) is 1. The standard InChI is InChI=1S/C36H37NO7S/c1-36(2,3)43-33(38)21-25(22-37)34(24-17-19-26(20-18-24)44-45(40,41)27-11-5-4-6-12-27)35(39)42-23-32-30-15-9-7-13-28(30)29-14-8-10-16-31(29)32/h4-20,25,32,34H,21-23,37H2,1-3H3. The Morgan fingerprint density at radius 1 is 0.800 bits per heavy atom. The van der Waals surface area contributed by atoms with Gasteiger partial charge in [0.2, 0.25) is 0 Å². The van der Waals surface area contributed by atoms with E-state index in [0.29, 0.717) is 5.56 Å². The highest BCUT2D eigenvalue weighted by Gasteiger charge is 2.35. The van der Waals surface area contributed by atoms with E-state index in [1.807, 2.05) is 36.4 Å². The Labute approximate surface area is 264 Å². The molecule has 234 valence electrons. The number of benzene rings is 4. The van der Waals surface area contributed by atoms with Gasteiger partial charge in [0.25, 0.3) is 0 Å². The number of ether oxygens (including phenoxy) is 2. The minimum absolute atomic E-state index is 0.00867. The first-order valence-electron chi connectivity index (χ1n) is 14.8. The van der Waals surface area contributed by atoms with Gasteiger partial charge >= 0.3 is 22.1 Å². The SMILES string of the molecule is CC(C)(C)OC(=O)CC(CN)C(C(=O)OCC1c2ccccc2-c2ccccc21)c1ccc(OS(=O)(=O)c2ccccc2)cc1. The number of hydrogen-bond acceptors (Lipinski definition) is 8. The zero-order valence-electron chi connectivity index (χ0n) is 25.5. The van der Waals surface area contributed by atoms with Crippen LogP contribution in [0.5, 0.6) is 5.75 Å². The zero-order valence-corrected chi connectivity index (χ0v) is 26.3. The first kappa shape index (κ1) is 31.9. The third-order valence-electron chi connectivity index (χ3n) is 7.71. The molecule has 2 N–H and O–H groups in total. The molecule has 0 aliphatic heterocycles. The first-order chi connectivity index (χ1) is 21.5. The van der Waals surface area contributed by atoms with Gasteiger partial charge in [-0.25, -0.2) is 0 Å². The molecule has 0 radical (unpaired) electrons. The number of nitrogens with two attached hydrogens (primary N) is 1. The Balaban J connectivity index is 1.40. The zero-order chi connectivity index (χ0) is 32.2. The van der Waals surface area contributed by atoms with Crippen molar-refractivity contribution in [3.8, 4) is 16.9 Å². The van der Waals surface area contributed by atoms with Crippen LogP contribution in [-0.4, -0.2) is 39.1 Å². The van der Waals surface area contributed by atoms with E-state index < -0.39 is 39.5 Å². The summed E-state index contributed by atoms with van der Waals surface area (Å²) in [5, 5.41) is 0. The second-order valence-corrected chi connectivity index (χ2v) is 13.6. The minimum Gasteiger partial charge on any atom is -0.464 e. The Hall–Kier alpha value is -4.47. The number of fused-ring (bicyclic) bond motifs is 3. The van der Waals surface area contributed by atoms with Crippen molar-refractivity contribution in [1.29, 1.82) is 0 Å². The highest BCUT2D eigenvalue weighted by molar-refractivity contribution is 7.87. The molecule has 0 saturated heterocycles. The Kier molecular flexibility index (Phi) is 9.41. The Morgan fingerprint density at radius 2 is 1.36 bits per heavy atom. The number of carbonyl (C=O) groups excluding carboxylic acids is 2. The van der Waals surface area contributed by atoms with Gasteiger partial charge < -0.3 is 19.4 Å². The number of rotatable bonds is 11. The van der Waals surface area contributed by atoms with Crippen LogP contribution < -0.4 is 9.92 Å². The average Bonchev–Trinajstić information content (AvgIpc) is 3.33. The molecule has 9 heteroatoms. The maximum atomic E-state index is 13.9. The molecule has 0 bridgehead atoms. The predicted molar refractivity (Wildman–Crippen MR) is 171 cm³/mol. The molecule has 45 heavy (non-hydrogen) atoms. The smallest absolute Gasteiger partial charge is 0.339 e. The molecule has 0 saturated carbocycles. The van der Waals surface area contributed by atoms with Gasteiger partial charge in [-0.1, -0.05) is 78.9 Å². The normalized spacial score (nSPS) is 14.1. The number of carbonyl (C=O) groups is 2. The van der Waals surface area contributed by atoms with Crippen LogP contribution in [0.3, 0.4) is 0 Å². The van der Waals surface area contributed by atoms with E-state index in [1.54, 1.807) is 51.1 Å². The molecule has 0 fully saturated rings. The minimum atomic E-state index is -4.06. The van der Waals surface area contributed by atoms with Crippen molar-refractivity contribution in [2.75, 3.05) is 13.2 Å². The van der Waals surface area contributed by atoms with Crippen LogP contribution in [0.25, 0.3) is 11.1 Å². The Bertz CT molecular complexity index is 1720. The Morgan fingerprint density at radius 3 is 1.91 bits per heavy atom. The molecule has 4 aromatic rings. The van der Waals surface area contributed by atoms with E-state index in [4.69, 9.17) is 19.4 Å². The van der Waals surface area contributed by atoms with Gasteiger partial charge in [0, 0.05) is 5.92 Å². The van der Waals surface area contributed by atoms with E-state index >= 15 is 0 Å². The lowest BCUT2D eigenvalue weighted by Gasteiger charge is -2.27. The second-order valence-electron chi connectivity index (χ2n) is 12.0. The highest BCUT2D eigenvalue weighted by Crippen LogP contribution is 2.45. The van der Waals surface area contributed by atoms with E-state index in [2.05, 4.69) is 12.1 Å². The topological polar surface area (TPSA) is 122 Å². The van der Waals surface area contributed by atoms with Crippen LogP contribution >= 0.6 is 0 Å². The first-order valence-corrected chi connectivity index (χ1v) is 16.2.